The molecule has 1 aliphatic heterocycles. The number of rotatable bonds is 3. The van der Waals surface area contributed by atoms with Gasteiger partial charge in [-0.1, -0.05) is 12.1 Å². The Hall–Kier alpha value is -2.24. The summed E-state index contributed by atoms with van der Waals surface area (Å²) in [5.41, 5.74) is 2.45. The standard InChI is InChI=1S/C17H19N3O2/c1-20-9-10-22-16(12-20)14-3-2-4-15(11-14)19-17(21)13-5-7-18-8-6-13/h2-8,11,16H,9-10,12H2,1H3,(H,19,21). The monoisotopic (exact) mass is 297 g/mol. The van der Waals surface area contributed by atoms with E-state index in [-0.39, 0.29) is 12.0 Å². The van der Waals surface area contributed by atoms with Gasteiger partial charge in [0.25, 0.3) is 5.91 Å². The second-order valence-corrected chi connectivity index (χ2v) is 5.44. The third-order valence-electron chi connectivity index (χ3n) is 3.73. The first-order valence-corrected chi connectivity index (χ1v) is 7.34. The number of likely N-dealkylation sites (N-methyl/N-ethyl adjacent to an activating group) is 1. The lowest BCUT2D eigenvalue weighted by atomic mass is 10.1. The highest BCUT2D eigenvalue weighted by atomic mass is 16.5. The van der Waals surface area contributed by atoms with Crippen molar-refractivity contribution in [3.63, 3.8) is 0 Å². The summed E-state index contributed by atoms with van der Waals surface area (Å²) in [6, 6.07) is 11.2. The van der Waals surface area contributed by atoms with Crippen LogP contribution >= 0.6 is 0 Å². The van der Waals surface area contributed by atoms with Gasteiger partial charge < -0.3 is 15.0 Å². The molecule has 5 heteroatoms. The molecule has 3 rings (SSSR count). The number of hydrogen-bond donors (Lipinski definition) is 1. The summed E-state index contributed by atoms with van der Waals surface area (Å²) >= 11 is 0. The molecule has 0 aliphatic carbocycles. The molecule has 22 heavy (non-hydrogen) atoms. The van der Waals surface area contributed by atoms with Gasteiger partial charge in [-0.2, -0.15) is 0 Å². The van der Waals surface area contributed by atoms with Crippen LogP contribution in [0.15, 0.2) is 48.8 Å². The van der Waals surface area contributed by atoms with E-state index in [2.05, 4.69) is 22.2 Å². The third kappa shape index (κ3) is 3.50. The molecule has 0 spiro atoms. The zero-order valence-electron chi connectivity index (χ0n) is 12.5. The summed E-state index contributed by atoms with van der Waals surface area (Å²) in [5.74, 6) is -0.138. The highest BCUT2D eigenvalue weighted by molar-refractivity contribution is 6.04. The summed E-state index contributed by atoms with van der Waals surface area (Å²) in [4.78, 5) is 18.3. The van der Waals surface area contributed by atoms with E-state index in [1.807, 2.05) is 24.3 Å². The Morgan fingerprint density at radius 1 is 1.32 bits per heavy atom. The number of anilines is 1. The van der Waals surface area contributed by atoms with E-state index in [4.69, 9.17) is 4.74 Å². The quantitative estimate of drug-likeness (QED) is 0.945. The molecule has 1 N–H and O–H groups in total. The Labute approximate surface area is 129 Å². The highest BCUT2D eigenvalue weighted by Gasteiger charge is 2.19. The number of ether oxygens (including phenoxy) is 1. The van der Waals surface area contributed by atoms with Crippen molar-refractivity contribution >= 4 is 11.6 Å². The molecule has 0 saturated carbocycles. The van der Waals surface area contributed by atoms with Crippen LogP contribution in [0.25, 0.3) is 0 Å². The van der Waals surface area contributed by atoms with Crippen LogP contribution in [0, 0.1) is 0 Å². The number of amides is 1. The molecular weight excluding hydrogens is 278 g/mol. The highest BCUT2D eigenvalue weighted by Crippen LogP contribution is 2.24. The number of nitrogens with one attached hydrogen (secondary N) is 1. The minimum atomic E-state index is -0.138. The van der Waals surface area contributed by atoms with Crippen LogP contribution in [0.1, 0.15) is 22.0 Å². The molecule has 2 heterocycles. The number of carbonyl (C=O) groups excluding carboxylic acids is 1. The largest absolute Gasteiger partial charge is 0.371 e. The fraction of sp³-hybridized carbons (Fsp3) is 0.294. The number of morpholine rings is 1. The van der Waals surface area contributed by atoms with Crippen LogP contribution in [0.3, 0.4) is 0 Å². The zero-order valence-corrected chi connectivity index (χ0v) is 12.5. The molecule has 1 saturated heterocycles. The van der Waals surface area contributed by atoms with Crippen molar-refractivity contribution in [2.75, 3.05) is 32.1 Å². The van der Waals surface area contributed by atoms with Gasteiger partial charge in [-0.15, -0.1) is 0 Å². The van der Waals surface area contributed by atoms with Crippen LogP contribution < -0.4 is 5.32 Å². The third-order valence-corrected chi connectivity index (χ3v) is 3.73. The van der Waals surface area contributed by atoms with Crippen molar-refractivity contribution < 1.29 is 9.53 Å². The molecule has 0 bridgehead atoms. The summed E-state index contributed by atoms with van der Waals surface area (Å²) in [6.07, 6.45) is 3.27. The molecule has 1 atom stereocenters. The molecular formula is C17H19N3O2. The topological polar surface area (TPSA) is 54.5 Å². The molecule has 1 aliphatic rings. The van der Waals surface area contributed by atoms with Gasteiger partial charge in [0.05, 0.1) is 12.7 Å². The molecule has 5 nitrogen and oxygen atoms in total. The van der Waals surface area contributed by atoms with E-state index in [9.17, 15) is 4.79 Å². The van der Waals surface area contributed by atoms with Crippen LogP contribution in [-0.4, -0.2) is 42.5 Å². The van der Waals surface area contributed by atoms with Crippen molar-refractivity contribution in [1.82, 2.24) is 9.88 Å². The molecule has 1 fully saturated rings. The Balaban J connectivity index is 1.72. The van der Waals surface area contributed by atoms with Crippen LogP contribution in [0.4, 0.5) is 5.69 Å². The predicted molar refractivity (Wildman–Crippen MR) is 84.8 cm³/mol. The predicted octanol–water partition coefficient (Wildman–Crippen LogP) is 2.34. The lowest BCUT2D eigenvalue weighted by molar-refractivity contribution is -0.0208. The summed E-state index contributed by atoms with van der Waals surface area (Å²) in [5, 5.41) is 2.91. The van der Waals surface area contributed by atoms with Crippen molar-refractivity contribution in [2.24, 2.45) is 0 Å². The first-order valence-electron chi connectivity index (χ1n) is 7.34. The molecule has 1 aromatic carbocycles. The van der Waals surface area contributed by atoms with Gasteiger partial charge >= 0.3 is 0 Å². The van der Waals surface area contributed by atoms with Gasteiger partial charge in [-0.05, 0) is 36.9 Å². The van der Waals surface area contributed by atoms with E-state index in [0.29, 0.717) is 5.56 Å². The number of carbonyl (C=O) groups is 1. The van der Waals surface area contributed by atoms with Gasteiger partial charge in [0.1, 0.15) is 0 Å². The van der Waals surface area contributed by atoms with Crippen molar-refractivity contribution in [2.45, 2.75) is 6.10 Å². The maximum atomic E-state index is 12.2. The van der Waals surface area contributed by atoms with Crippen molar-refractivity contribution in [1.29, 1.82) is 0 Å². The maximum Gasteiger partial charge on any atom is 0.255 e. The number of pyridine rings is 1. The molecule has 0 radical (unpaired) electrons. The summed E-state index contributed by atoms with van der Waals surface area (Å²) in [7, 11) is 2.09. The molecule has 114 valence electrons. The maximum absolute atomic E-state index is 12.2. The number of hydrogen-bond acceptors (Lipinski definition) is 4. The van der Waals surface area contributed by atoms with Crippen LogP contribution in [0.2, 0.25) is 0 Å². The van der Waals surface area contributed by atoms with Crippen LogP contribution in [0.5, 0.6) is 0 Å². The van der Waals surface area contributed by atoms with Gasteiger partial charge in [0.2, 0.25) is 0 Å². The zero-order chi connectivity index (χ0) is 15.4. The van der Waals surface area contributed by atoms with E-state index >= 15 is 0 Å². The second kappa shape index (κ2) is 6.68. The molecule has 1 amide bonds. The summed E-state index contributed by atoms with van der Waals surface area (Å²) < 4.78 is 5.82. The van der Waals surface area contributed by atoms with E-state index < -0.39 is 0 Å². The van der Waals surface area contributed by atoms with Crippen molar-refractivity contribution in [3.8, 4) is 0 Å². The lowest BCUT2D eigenvalue weighted by Gasteiger charge is -2.30. The van der Waals surface area contributed by atoms with E-state index in [0.717, 1.165) is 30.9 Å². The Morgan fingerprint density at radius 3 is 2.91 bits per heavy atom. The number of nitrogens with zero attached hydrogens (tertiary/aromatic N) is 2. The van der Waals surface area contributed by atoms with Crippen LogP contribution in [-0.2, 0) is 4.74 Å². The van der Waals surface area contributed by atoms with Gasteiger partial charge in [0.15, 0.2) is 0 Å². The Morgan fingerprint density at radius 2 is 2.14 bits per heavy atom. The Bertz CT molecular complexity index is 645. The fourth-order valence-electron chi connectivity index (χ4n) is 2.50. The van der Waals surface area contributed by atoms with E-state index in [1.54, 1.807) is 24.5 Å². The average molecular weight is 297 g/mol. The normalized spacial score (nSPS) is 18.9. The first kappa shape index (κ1) is 14.7. The number of aromatic nitrogens is 1. The second-order valence-electron chi connectivity index (χ2n) is 5.44. The summed E-state index contributed by atoms with van der Waals surface area (Å²) in [6.45, 7) is 2.55. The first-order chi connectivity index (χ1) is 10.7. The smallest absolute Gasteiger partial charge is 0.255 e. The number of benzene rings is 1. The SMILES string of the molecule is CN1CCOC(c2cccc(NC(=O)c3ccncc3)c2)C1. The lowest BCUT2D eigenvalue weighted by Crippen LogP contribution is -2.35. The van der Waals surface area contributed by atoms with E-state index in [1.165, 1.54) is 0 Å². The molecule has 2 aromatic rings. The molecule has 1 unspecified atom stereocenters. The van der Waals surface area contributed by atoms with Gasteiger partial charge in [0, 0.05) is 36.7 Å². The minimum absolute atomic E-state index is 0.0523. The minimum Gasteiger partial charge on any atom is -0.371 e. The average Bonchev–Trinajstić information content (AvgIpc) is 2.56. The molecule has 1 aromatic heterocycles. The Kier molecular flexibility index (Phi) is 4.46. The van der Waals surface area contributed by atoms with Crippen molar-refractivity contribution in [3.05, 3.63) is 59.9 Å². The van der Waals surface area contributed by atoms with Gasteiger partial charge in [-0.3, -0.25) is 9.78 Å². The fourth-order valence-corrected chi connectivity index (χ4v) is 2.50. The van der Waals surface area contributed by atoms with Gasteiger partial charge in [-0.25, -0.2) is 0 Å².